The molecule has 0 aromatic heterocycles. The molecule has 0 bridgehead atoms. The molecule has 0 saturated carbocycles. The van der Waals surface area contributed by atoms with E-state index in [0.717, 1.165) is 16.7 Å². The van der Waals surface area contributed by atoms with Crippen LogP contribution in [0.3, 0.4) is 0 Å². The van der Waals surface area contributed by atoms with Gasteiger partial charge in [-0.1, -0.05) is 102 Å². The van der Waals surface area contributed by atoms with E-state index >= 15 is 19.2 Å². The summed E-state index contributed by atoms with van der Waals surface area (Å²) in [5.41, 5.74) is 9.15. The highest BCUT2D eigenvalue weighted by molar-refractivity contribution is 5.99. The number of ether oxygens (including phenoxy) is 1. The van der Waals surface area contributed by atoms with Crippen LogP contribution in [0.25, 0.3) is 10.4 Å². The maximum atomic E-state index is 15.4. The Morgan fingerprint density at radius 1 is 0.517 bits per heavy atom. The van der Waals surface area contributed by atoms with Gasteiger partial charge in [-0.25, -0.2) is 0 Å². The van der Waals surface area contributed by atoms with Gasteiger partial charge in [-0.05, 0) is 99.3 Å². The van der Waals surface area contributed by atoms with Crippen LogP contribution in [-0.2, 0) is 62.3 Å². The van der Waals surface area contributed by atoms with E-state index in [1.165, 1.54) is 87.7 Å². The summed E-state index contributed by atoms with van der Waals surface area (Å²) >= 11 is 0. The van der Waals surface area contributed by atoms with Crippen LogP contribution in [-0.4, -0.2) is 234 Å². The Labute approximate surface area is 529 Å². The highest BCUT2D eigenvalue weighted by Crippen LogP contribution is 2.27. The van der Waals surface area contributed by atoms with Crippen molar-refractivity contribution in [3.05, 3.63) is 10.4 Å². The minimum absolute atomic E-state index is 0.0461. The van der Waals surface area contributed by atoms with Crippen LogP contribution in [0.2, 0.25) is 0 Å². The maximum Gasteiger partial charge on any atom is 0.303 e. The van der Waals surface area contributed by atoms with E-state index in [0.29, 0.717) is 0 Å². The van der Waals surface area contributed by atoms with Gasteiger partial charge in [0.05, 0.1) is 6.54 Å². The molecule has 89 heavy (non-hydrogen) atoms. The second-order valence-corrected chi connectivity index (χ2v) is 26.6. The largest absolute Gasteiger partial charge is 0.460 e. The lowest BCUT2D eigenvalue weighted by Crippen LogP contribution is -2.64. The number of amides is 11. The summed E-state index contributed by atoms with van der Waals surface area (Å²) in [7, 11) is 9.70. The van der Waals surface area contributed by atoms with E-state index in [1.54, 1.807) is 41.5 Å². The lowest BCUT2D eigenvalue weighted by molar-refractivity contribution is -0.164. The molecule has 27 nitrogen and oxygen atoms in total. The zero-order valence-corrected chi connectivity index (χ0v) is 57.8. The zero-order valence-electron chi connectivity index (χ0n) is 57.8. The standard InChI is InChI=1S/C62H110N14O13/c1-25-43-58(84)70(18)32-48(78)71(19)44(28-33(2)3)55(81)68-49(37(10)11)61(87)72(20)45(29-34(4)5)54(80)65-40(15)53(79)66-41(16)57(83)73(21)46(30-35(6)7)59(85)74(22)47(31-36(8)9)60(86)75(23)50(38(12)13)62(88)76(24)51(56(82)67-43)52(89-42(17)77)39(14)26-27-64-69-63/h33-41,43-47,49-52H,25-32H2,1-24H3,(H,65,80)(H,66,79)(H,67,82)(H,68,81)/t39-,40+,41-,43+,44+,45+,46+,47+,49+,50+,51?,52-/m1/s1. The van der Waals surface area contributed by atoms with Crippen molar-refractivity contribution in [3.63, 3.8) is 0 Å². The number of carbonyl (C=O) groups excluding carboxylic acids is 12. The molecule has 1 saturated heterocycles. The molecule has 1 rings (SSSR count). The number of azide groups is 1. The van der Waals surface area contributed by atoms with Gasteiger partial charge >= 0.3 is 5.97 Å². The van der Waals surface area contributed by atoms with Crippen LogP contribution in [0.1, 0.15) is 156 Å². The summed E-state index contributed by atoms with van der Waals surface area (Å²) in [5.74, 6) is -11.4. The van der Waals surface area contributed by atoms with Gasteiger partial charge in [-0.2, -0.15) is 0 Å². The van der Waals surface area contributed by atoms with E-state index in [2.05, 4.69) is 31.3 Å². The number of hydrogen-bond acceptors (Lipinski definition) is 14. The number of hydrogen-bond donors (Lipinski definition) is 4. The Morgan fingerprint density at radius 3 is 1.39 bits per heavy atom. The van der Waals surface area contributed by atoms with Gasteiger partial charge in [0.1, 0.15) is 66.5 Å². The Bertz CT molecular complexity index is 2520. The maximum absolute atomic E-state index is 15.4. The topological polar surface area (TPSA) is 334 Å². The van der Waals surface area contributed by atoms with Gasteiger partial charge in [-0.15, -0.1) is 0 Å². The van der Waals surface area contributed by atoms with Crippen molar-refractivity contribution in [3.8, 4) is 0 Å². The van der Waals surface area contributed by atoms with Crippen molar-refractivity contribution in [2.24, 2.45) is 46.5 Å². The smallest absolute Gasteiger partial charge is 0.303 e. The van der Waals surface area contributed by atoms with Crippen LogP contribution < -0.4 is 21.3 Å². The molecule has 27 heteroatoms. The second kappa shape index (κ2) is 36.6. The van der Waals surface area contributed by atoms with Gasteiger partial charge in [0.15, 0.2) is 0 Å². The molecule has 506 valence electrons. The molecule has 1 heterocycles. The molecule has 1 fully saturated rings. The summed E-state index contributed by atoms with van der Waals surface area (Å²) < 4.78 is 5.86. The lowest BCUT2D eigenvalue weighted by atomic mass is 9.91. The fourth-order valence-corrected chi connectivity index (χ4v) is 11.0. The third-order valence-corrected chi connectivity index (χ3v) is 16.3. The molecule has 1 aliphatic rings. The molecular weight excluding hydrogens is 1150 g/mol. The SMILES string of the molecule is CC[C@@H]1NC(=O)C([C@H](OC(C)=O)[C@H](C)CCN=[N+]=[N-])N(C)C(=O)[C@H](C(C)C)N(C)C(=O)[C@H](CC(C)C)N(C)C(=O)[C@H](CC(C)C)N(C)C(=O)[C@@H](C)NC(=O)[C@H](C)NC(=O)[C@H](CC(C)C)N(C)C(=O)[C@H](C(C)C)NC(=O)[C@H](CC(C)C)N(C)C(=O)CN(C)C1=O. The zero-order chi connectivity index (χ0) is 69.0. The molecule has 11 amide bonds. The Hall–Kier alpha value is -7.05. The van der Waals surface area contributed by atoms with Crippen molar-refractivity contribution < 1.29 is 62.3 Å². The van der Waals surface area contributed by atoms with Crippen LogP contribution in [0.5, 0.6) is 0 Å². The summed E-state index contributed by atoms with van der Waals surface area (Å²) in [4.78, 5) is 185. The van der Waals surface area contributed by atoms with Crippen LogP contribution in [0.15, 0.2) is 5.11 Å². The van der Waals surface area contributed by atoms with E-state index < -0.39 is 162 Å². The molecule has 12 atom stereocenters. The van der Waals surface area contributed by atoms with Gasteiger partial charge in [-0.3, -0.25) is 57.5 Å². The van der Waals surface area contributed by atoms with Gasteiger partial charge < -0.3 is 60.3 Å². The van der Waals surface area contributed by atoms with Crippen LogP contribution in [0.4, 0.5) is 0 Å². The summed E-state index contributed by atoms with van der Waals surface area (Å²) in [5, 5.41) is 14.6. The number of likely N-dealkylation sites (N-methyl/N-ethyl adjacent to an activating group) is 7. The van der Waals surface area contributed by atoms with Crippen LogP contribution in [0, 0.1) is 41.4 Å². The van der Waals surface area contributed by atoms with E-state index in [9.17, 15) is 38.4 Å². The highest BCUT2D eigenvalue weighted by Gasteiger charge is 2.47. The van der Waals surface area contributed by atoms with Gasteiger partial charge in [0, 0.05) is 67.7 Å². The molecule has 0 aromatic rings. The first-order valence-corrected chi connectivity index (χ1v) is 31.3. The molecule has 4 N–H and O–H groups in total. The monoisotopic (exact) mass is 1260 g/mol. The number of nitrogens with zero attached hydrogens (tertiary/aromatic N) is 10. The third kappa shape index (κ3) is 23.1. The average Bonchev–Trinajstić information content (AvgIpc) is 0.955. The van der Waals surface area contributed by atoms with E-state index in [1.807, 2.05) is 55.4 Å². The minimum atomic E-state index is -1.71. The van der Waals surface area contributed by atoms with E-state index in [-0.39, 0.29) is 68.7 Å². The second-order valence-electron chi connectivity index (χ2n) is 26.6. The fraction of sp³-hybridized carbons (Fsp3) is 0.806. The first-order valence-electron chi connectivity index (χ1n) is 31.3. The summed E-state index contributed by atoms with van der Waals surface area (Å²) in [6.45, 7) is 28.1. The van der Waals surface area contributed by atoms with Crippen molar-refractivity contribution in [2.45, 2.75) is 223 Å². The first-order chi connectivity index (χ1) is 41.1. The minimum Gasteiger partial charge on any atom is -0.460 e. The quantitative estimate of drug-likeness (QED) is 0.0701. The van der Waals surface area contributed by atoms with Gasteiger partial charge in [0.2, 0.25) is 65.0 Å². The average molecular weight is 1260 g/mol. The molecule has 1 aliphatic heterocycles. The number of nitrogens with one attached hydrogen (secondary N) is 4. The summed E-state index contributed by atoms with van der Waals surface area (Å²) in [6.07, 6.45) is -0.930. The van der Waals surface area contributed by atoms with Gasteiger partial charge in [0.25, 0.3) is 0 Å². The predicted octanol–water partition coefficient (Wildman–Crippen LogP) is 3.57. The van der Waals surface area contributed by atoms with Crippen LogP contribution >= 0.6 is 0 Å². The normalized spacial score (nSPS) is 25.9. The molecular formula is C62H110N14O13. The number of esters is 1. The first kappa shape index (κ1) is 80.0. The lowest BCUT2D eigenvalue weighted by Gasteiger charge is -2.42. The van der Waals surface area contributed by atoms with E-state index in [4.69, 9.17) is 10.3 Å². The van der Waals surface area contributed by atoms with Crippen molar-refractivity contribution >= 4 is 70.9 Å². The summed E-state index contributed by atoms with van der Waals surface area (Å²) in [6, 6.07) is -12.8. The third-order valence-electron chi connectivity index (χ3n) is 16.3. The molecule has 0 aromatic carbocycles. The Balaban J connectivity index is 4.45. The molecule has 0 aliphatic carbocycles. The van der Waals surface area contributed by atoms with Crippen molar-refractivity contribution in [1.29, 1.82) is 0 Å². The highest BCUT2D eigenvalue weighted by atomic mass is 16.5. The molecule has 0 spiro atoms. The number of carbonyl (C=O) groups is 12. The Kier molecular flexibility index (Phi) is 32.9. The predicted molar refractivity (Wildman–Crippen MR) is 337 cm³/mol. The Morgan fingerprint density at radius 2 is 0.944 bits per heavy atom. The van der Waals surface area contributed by atoms with Crippen molar-refractivity contribution in [1.82, 2.24) is 55.6 Å². The molecule has 0 radical (unpaired) electrons. The number of rotatable bonds is 17. The van der Waals surface area contributed by atoms with Crippen molar-refractivity contribution in [2.75, 3.05) is 62.4 Å². The molecule has 1 unspecified atom stereocenters. The fourth-order valence-electron chi connectivity index (χ4n) is 11.0.